The second-order valence-electron chi connectivity index (χ2n) is 5.21. The molecule has 3 heterocycles. The first-order chi connectivity index (χ1) is 9.74. The maximum absolute atomic E-state index is 12.3. The molecule has 1 amide bonds. The number of aromatic nitrogens is 4. The first-order valence-electron chi connectivity index (χ1n) is 6.76. The lowest BCUT2D eigenvalue weighted by Crippen LogP contribution is -2.51. The summed E-state index contributed by atoms with van der Waals surface area (Å²) in [6.45, 7) is 4.02. The molecule has 0 saturated carbocycles. The van der Waals surface area contributed by atoms with Crippen LogP contribution in [0.3, 0.4) is 0 Å². The molecule has 1 aliphatic rings. The Bertz CT molecular complexity index is 563. The number of hydrogen-bond donors (Lipinski definition) is 0. The minimum Gasteiger partial charge on any atom is -0.341 e. The van der Waals surface area contributed by atoms with Crippen molar-refractivity contribution in [2.45, 2.75) is 19.4 Å². The summed E-state index contributed by atoms with van der Waals surface area (Å²) in [5.41, 5.74) is 1.07. The third kappa shape index (κ3) is 2.54. The van der Waals surface area contributed by atoms with Gasteiger partial charge in [-0.2, -0.15) is 5.10 Å². The molecule has 0 bridgehead atoms. The van der Waals surface area contributed by atoms with E-state index in [0.29, 0.717) is 12.5 Å². The number of hydrogen-bond acceptors (Lipinski definition) is 4. The highest BCUT2D eigenvalue weighted by atomic mass is 16.2. The number of likely N-dealkylation sites (tertiary alicyclic amines) is 1. The Morgan fingerprint density at radius 2 is 2.30 bits per heavy atom. The number of pyridine rings is 1. The zero-order chi connectivity index (χ0) is 13.9. The summed E-state index contributed by atoms with van der Waals surface area (Å²) in [5, 5.41) is 4.03. The molecule has 0 spiro atoms. The van der Waals surface area contributed by atoms with E-state index in [1.54, 1.807) is 17.2 Å². The van der Waals surface area contributed by atoms with Gasteiger partial charge in [0.05, 0.1) is 12.5 Å². The second-order valence-corrected chi connectivity index (χ2v) is 5.21. The summed E-state index contributed by atoms with van der Waals surface area (Å²) in [6, 6.07) is 5.91. The van der Waals surface area contributed by atoms with Gasteiger partial charge in [-0.25, -0.2) is 4.98 Å². The fourth-order valence-corrected chi connectivity index (χ4v) is 2.46. The van der Waals surface area contributed by atoms with Crippen LogP contribution in [0.5, 0.6) is 0 Å². The van der Waals surface area contributed by atoms with Crippen LogP contribution >= 0.6 is 0 Å². The predicted molar refractivity (Wildman–Crippen MR) is 72.7 cm³/mol. The van der Waals surface area contributed by atoms with Crippen LogP contribution in [-0.4, -0.2) is 43.6 Å². The summed E-state index contributed by atoms with van der Waals surface area (Å²) in [7, 11) is 0. The molecule has 20 heavy (non-hydrogen) atoms. The topological polar surface area (TPSA) is 63.9 Å². The van der Waals surface area contributed by atoms with Gasteiger partial charge in [0, 0.05) is 30.9 Å². The van der Waals surface area contributed by atoms with Gasteiger partial charge < -0.3 is 4.90 Å². The first kappa shape index (κ1) is 12.8. The Hall–Kier alpha value is -2.24. The van der Waals surface area contributed by atoms with E-state index in [-0.39, 0.29) is 11.8 Å². The van der Waals surface area contributed by atoms with Crippen molar-refractivity contribution in [3.63, 3.8) is 0 Å². The molecular formula is C14H17N5O. The van der Waals surface area contributed by atoms with Gasteiger partial charge >= 0.3 is 0 Å². The highest BCUT2D eigenvalue weighted by Gasteiger charge is 2.34. The lowest BCUT2D eigenvalue weighted by molar-refractivity contribution is -0.140. The number of carbonyl (C=O) groups excluding carboxylic acids is 1. The molecule has 6 heteroatoms. The number of amides is 1. The Morgan fingerprint density at radius 3 is 2.95 bits per heavy atom. The van der Waals surface area contributed by atoms with E-state index in [4.69, 9.17) is 0 Å². The minimum atomic E-state index is -0.0821. The molecule has 104 valence electrons. The van der Waals surface area contributed by atoms with Crippen LogP contribution in [0.25, 0.3) is 0 Å². The average Bonchev–Trinajstić information content (AvgIpc) is 2.91. The van der Waals surface area contributed by atoms with Crippen molar-refractivity contribution in [3.05, 3.63) is 42.7 Å². The molecule has 1 atom stereocenters. The summed E-state index contributed by atoms with van der Waals surface area (Å²) in [4.78, 5) is 22.4. The van der Waals surface area contributed by atoms with E-state index in [0.717, 1.165) is 18.8 Å². The van der Waals surface area contributed by atoms with Crippen LogP contribution in [0.4, 0.5) is 0 Å². The van der Waals surface area contributed by atoms with Crippen molar-refractivity contribution in [1.82, 2.24) is 24.6 Å². The fraction of sp³-hybridized carbons (Fsp3) is 0.429. The molecule has 1 unspecified atom stereocenters. The van der Waals surface area contributed by atoms with E-state index in [1.807, 2.05) is 30.0 Å². The summed E-state index contributed by atoms with van der Waals surface area (Å²) < 4.78 is 1.69. The number of carbonyl (C=O) groups is 1. The molecule has 1 fully saturated rings. The van der Waals surface area contributed by atoms with Crippen molar-refractivity contribution >= 4 is 5.91 Å². The highest BCUT2D eigenvalue weighted by molar-refractivity contribution is 5.79. The van der Waals surface area contributed by atoms with Crippen LogP contribution in [0.2, 0.25) is 0 Å². The van der Waals surface area contributed by atoms with Crippen LogP contribution in [0.1, 0.15) is 18.5 Å². The molecule has 0 N–H and O–H groups in total. The number of nitrogens with zero attached hydrogens (tertiary/aromatic N) is 5. The SMILES string of the molecule is CC(Cn1cncn1)C(=O)N1CC(c2ccccn2)C1. The van der Waals surface area contributed by atoms with Crippen LogP contribution in [0, 0.1) is 5.92 Å². The van der Waals surface area contributed by atoms with Crippen LogP contribution < -0.4 is 0 Å². The molecule has 2 aromatic heterocycles. The molecular weight excluding hydrogens is 254 g/mol. The Morgan fingerprint density at radius 1 is 1.45 bits per heavy atom. The zero-order valence-electron chi connectivity index (χ0n) is 11.4. The molecule has 6 nitrogen and oxygen atoms in total. The highest BCUT2D eigenvalue weighted by Crippen LogP contribution is 2.26. The Labute approximate surface area is 117 Å². The smallest absolute Gasteiger partial charge is 0.227 e. The maximum Gasteiger partial charge on any atom is 0.227 e. The Kier molecular flexibility index (Phi) is 3.45. The third-order valence-corrected chi connectivity index (χ3v) is 3.65. The van der Waals surface area contributed by atoms with Gasteiger partial charge in [-0.15, -0.1) is 0 Å². The first-order valence-corrected chi connectivity index (χ1v) is 6.76. The van der Waals surface area contributed by atoms with Crippen molar-refractivity contribution in [2.24, 2.45) is 5.92 Å². The van der Waals surface area contributed by atoms with Crippen molar-refractivity contribution in [2.75, 3.05) is 13.1 Å². The van der Waals surface area contributed by atoms with Crippen molar-refractivity contribution in [1.29, 1.82) is 0 Å². The molecule has 0 aromatic carbocycles. The van der Waals surface area contributed by atoms with Gasteiger partial charge in [0.2, 0.25) is 5.91 Å². The van der Waals surface area contributed by atoms with E-state index in [9.17, 15) is 4.79 Å². The van der Waals surface area contributed by atoms with Gasteiger partial charge in [0.25, 0.3) is 0 Å². The van der Waals surface area contributed by atoms with Gasteiger partial charge in [0.1, 0.15) is 12.7 Å². The lowest BCUT2D eigenvalue weighted by atomic mass is 9.94. The lowest BCUT2D eigenvalue weighted by Gasteiger charge is -2.40. The third-order valence-electron chi connectivity index (χ3n) is 3.65. The monoisotopic (exact) mass is 271 g/mol. The predicted octanol–water partition coefficient (Wildman–Crippen LogP) is 0.935. The normalized spacial score (nSPS) is 16.8. The van der Waals surface area contributed by atoms with Crippen LogP contribution in [0.15, 0.2) is 37.1 Å². The van der Waals surface area contributed by atoms with Gasteiger partial charge in [0.15, 0.2) is 0 Å². The maximum atomic E-state index is 12.3. The van der Waals surface area contributed by atoms with Crippen molar-refractivity contribution in [3.8, 4) is 0 Å². The van der Waals surface area contributed by atoms with Gasteiger partial charge in [-0.1, -0.05) is 13.0 Å². The summed E-state index contributed by atoms with van der Waals surface area (Å²) in [6.07, 6.45) is 4.92. The van der Waals surface area contributed by atoms with E-state index >= 15 is 0 Å². The summed E-state index contributed by atoms with van der Waals surface area (Å²) in [5.74, 6) is 0.466. The van der Waals surface area contributed by atoms with Gasteiger partial charge in [-0.05, 0) is 12.1 Å². The number of rotatable bonds is 4. The van der Waals surface area contributed by atoms with Crippen molar-refractivity contribution < 1.29 is 4.79 Å². The fourth-order valence-electron chi connectivity index (χ4n) is 2.46. The molecule has 0 radical (unpaired) electrons. The summed E-state index contributed by atoms with van der Waals surface area (Å²) >= 11 is 0. The molecule has 1 saturated heterocycles. The largest absolute Gasteiger partial charge is 0.341 e. The van der Waals surface area contributed by atoms with Gasteiger partial charge in [-0.3, -0.25) is 14.5 Å². The molecule has 0 aliphatic carbocycles. The Balaban J connectivity index is 1.53. The average molecular weight is 271 g/mol. The molecule has 3 rings (SSSR count). The standard InChI is InChI=1S/C14H17N5O/c1-11(6-19-10-15-9-17-19)14(20)18-7-12(8-18)13-4-2-3-5-16-13/h2-5,9-12H,6-8H2,1H3. The molecule has 1 aliphatic heterocycles. The van der Waals surface area contributed by atoms with E-state index in [1.165, 1.54) is 6.33 Å². The molecule has 2 aromatic rings. The van der Waals surface area contributed by atoms with E-state index < -0.39 is 0 Å². The van der Waals surface area contributed by atoms with E-state index in [2.05, 4.69) is 15.1 Å². The minimum absolute atomic E-state index is 0.0821. The second kappa shape index (κ2) is 5.40. The van der Waals surface area contributed by atoms with Crippen LogP contribution in [-0.2, 0) is 11.3 Å². The quantitative estimate of drug-likeness (QED) is 0.830. The zero-order valence-corrected chi connectivity index (χ0v) is 11.4.